The number of benzene rings is 2. The van der Waals surface area contributed by atoms with Crippen LogP contribution in [0.3, 0.4) is 0 Å². The number of amides is 3. The van der Waals surface area contributed by atoms with E-state index in [0.717, 1.165) is 0 Å². The zero-order valence-corrected chi connectivity index (χ0v) is 20.2. The molecule has 0 spiro atoms. The molecule has 0 fully saturated rings. The van der Waals surface area contributed by atoms with Gasteiger partial charge >= 0.3 is 5.97 Å². The lowest BCUT2D eigenvalue weighted by Crippen LogP contribution is -2.44. The fraction of sp³-hybridized carbons (Fsp3) is 0.200. The number of fused-ring (bicyclic) bond motifs is 1. The Morgan fingerprint density at radius 2 is 1.50 bits per heavy atom. The molecule has 0 unspecified atom stereocenters. The highest BCUT2D eigenvalue weighted by Gasteiger charge is 2.45. The average Bonchev–Trinajstić information content (AvgIpc) is 3.01. The van der Waals surface area contributed by atoms with Crippen LogP contribution in [0, 0.1) is 6.92 Å². The molecule has 3 amide bonds. The molecule has 1 atom stereocenters. The third kappa shape index (κ3) is 4.28. The van der Waals surface area contributed by atoms with E-state index in [1.807, 2.05) is 0 Å². The fourth-order valence-corrected chi connectivity index (χ4v) is 4.20. The minimum atomic E-state index is -1.38. The van der Waals surface area contributed by atoms with Gasteiger partial charge in [0.05, 0.1) is 31.2 Å². The summed E-state index contributed by atoms with van der Waals surface area (Å²) in [5, 5.41) is 2.12. The number of esters is 1. The summed E-state index contributed by atoms with van der Waals surface area (Å²) in [5.41, 5.74) is 0.569. The summed E-state index contributed by atoms with van der Waals surface area (Å²) in [6.07, 6.45) is 0. The minimum absolute atomic E-state index is 0.191. The minimum Gasteiger partial charge on any atom is -0.454 e. The number of ether oxygens (including phenoxy) is 1. The molecular formula is C20H13Cl5N2O5. The van der Waals surface area contributed by atoms with E-state index in [-0.39, 0.29) is 31.2 Å². The Morgan fingerprint density at radius 3 is 2.03 bits per heavy atom. The van der Waals surface area contributed by atoms with E-state index < -0.39 is 36.3 Å². The van der Waals surface area contributed by atoms with Crippen LogP contribution in [0.1, 0.15) is 33.2 Å². The van der Waals surface area contributed by atoms with Crippen molar-refractivity contribution in [1.82, 2.24) is 4.90 Å². The van der Waals surface area contributed by atoms with Gasteiger partial charge in [-0.2, -0.15) is 0 Å². The Kier molecular flexibility index (Phi) is 7.27. The van der Waals surface area contributed by atoms with Crippen molar-refractivity contribution in [3.8, 4) is 0 Å². The van der Waals surface area contributed by atoms with E-state index in [4.69, 9.17) is 62.7 Å². The largest absolute Gasteiger partial charge is 0.454 e. The lowest BCUT2D eigenvalue weighted by atomic mass is 10.1. The number of nitrogens with zero attached hydrogens (tertiary/aromatic N) is 1. The number of hydrogen-bond donors (Lipinski definition) is 1. The maximum absolute atomic E-state index is 12.8. The predicted molar refractivity (Wildman–Crippen MR) is 122 cm³/mol. The topological polar surface area (TPSA) is 92.8 Å². The first kappa shape index (κ1) is 24.6. The molecule has 1 N–H and O–H groups in total. The van der Waals surface area contributed by atoms with Gasteiger partial charge in [-0.3, -0.25) is 19.3 Å². The van der Waals surface area contributed by atoms with Crippen LogP contribution in [0.2, 0.25) is 25.1 Å². The SMILES string of the molecule is Cc1c(Cl)cccc1NC(=O)COC(=O)[C@H](C)N1C(=O)c2c(Cl)c(Cl)c(Cl)c(Cl)c2C1=O. The molecule has 1 aliphatic rings. The van der Waals surface area contributed by atoms with Crippen LogP contribution in [0.4, 0.5) is 5.69 Å². The van der Waals surface area contributed by atoms with Crippen LogP contribution in [-0.2, 0) is 14.3 Å². The zero-order valence-electron chi connectivity index (χ0n) is 16.4. The molecule has 0 saturated heterocycles. The molecule has 0 aromatic heterocycles. The molecule has 1 heterocycles. The van der Waals surface area contributed by atoms with Gasteiger partial charge in [-0.15, -0.1) is 0 Å². The summed E-state index contributed by atoms with van der Waals surface area (Å²) >= 11 is 30.1. The lowest BCUT2D eigenvalue weighted by Gasteiger charge is -2.21. The third-order valence-corrected chi connectivity index (χ3v) is 6.96. The first-order valence-electron chi connectivity index (χ1n) is 8.92. The van der Waals surface area contributed by atoms with Crippen molar-refractivity contribution in [3.63, 3.8) is 0 Å². The van der Waals surface area contributed by atoms with E-state index in [2.05, 4.69) is 5.32 Å². The molecule has 0 saturated carbocycles. The van der Waals surface area contributed by atoms with Crippen molar-refractivity contribution in [1.29, 1.82) is 0 Å². The molecular weight excluding hydrogens is 525 g/mol. The van der Waals surface area contributed by atoms with Crippen molar-refractivity contribution in [2.24, 2.45) is 0 Å². The predicted octanol–water partition coefficient (Wildman–Crippen LogP) is 5.43. The number of carbonyl (C=O) groups is 4. The Bertz CT molecular complexity index is 1140. The van der Waals surface area contributed by atoms with E-state index in [0.29, 0.717) is 21.2 Å². The fourth-order valence-electron chi connectivity index (χ4n) is 3.01. The normalized spacial score (nSPS) is 13.8. The first-order valence-corrected chi connectivity index (χ1v) is 10.8. The van der Waals surface area contributed by atoms with Crippen molar-refractivity contribution in [2.75, 3.05) is 11.9 Å². The van der Waals surface area contributed by atoms with Gasteiger partial charge in [0.1, 0.15) is 6.04 Å². The van der Waals surface area contributed by atoms with Gasteiger partial charge in [-0.1, -0.05) is 64.1 Å². The molecule has 3 rings (SSSR count). The summed E-state index contributed by atoms with van der Waals surface area (Å²) in [6, 6.07) is 3.56. The van der Waals surface area contributed by atoms with Crippen LogP contribution in [0.25, 0.3) is 0 Å². The molecule has 168 valence electrons. The smallest absolute Gasteiger partial charge is 0.329 e. The Balaban J connectivity index is 1.72. The second-order valence-corrected chi connectivity index (χ2v) is 8.65. The van der Waals surface area contributed by atoms with Crippen LogP contribution in [-0.4, -0.2) is 41.2 Å². The Morgan fingerprint density at radius 1 is 0.969 bits per heavy atom. The van der Waals surface area contributed by atoms with Crippen LogP contribution in [0.5, 0.6) is 0 Å². The summed E-state index contributed by atoms with van der Waals surface area (Å²) in [4.78, 5) is 50.8. The molecule has 7 nitrogen and oxygen atoms in total. The van der Waals surface area contributed by atoms with Crippen molar-refractivity contribution in [3.05, 3.63) is 60.0 Å². The highest BCUT2D eigenvalue weighted by Crippen LogP contribution is 2.45. The second-order valence-electron chi connectivity index (χ2n) is 6.73. The maximum atomic E-state index is 12.8. The van der Waals surface area contributed by atoms with Crippen LogP contribution >= 0.6 is 58.0 Å². The zero-order chi connectivity index (χ0) is 23.9. The van der Waals surface area contributed by atoms with Gasteiger partial charge in [0.25, 0.3) is 17.7 Å². The molecule has 1 aliphatic heterocycles. The van der Waals surface area contributed by atoms with E-state index in [1.165, 1.54) is 6.92 Å². The summed E-state index contributed by atoms with van der Waals surface area (Å²) < 4.78 is 4.98. The first-order chi connectivity index (χ1) is 15.0. The number of imide groups is 1. The molecule has 0 aliphatic carbocycles. The number of nitrogens with one attached hydrogen (secondary N) is 1. The molecule has 32 heavy (non-hydrogen) atoms. The quantitative estimate of drug-likeness (QED) is 0.237. The summed E-state index contributed by atoms with van der Waals surface area (Å²) in [5.74, 6) is -3.41. The number of carbonyl (C=O) groups excluding carboxylic acids is 4. The summed E-state index contributed by atoms with van der Waals surface area (Å²) in [6.45, 7) is 2.31. The molecule has 12 heteroatoms. The Hall–Kier alpha value is -2.03. The summed E-state index contributed by atoms with van der Waals surface area (Å²) in [7, 11) is 0. The third-order valence-electron chi connectivity index (χ3n) is 4.75. The van der Waals surface area contributed by atoms with E-state index in [9.17, 15) is 19.2 Å². The van der Waals surface area contributed by atoms with Crippen molar-refractivity contribution < 1.29 is 23.9 Å². The standard InChI is InChI=1S/C20H13Cl5N2O5/c1-7-9(21)4-3-5-10(7)26-11(28)6-32-20(31)8(2)27-18(29)12-13(19(27)30)15(23)17(25)16(24)14(12)22/h3-5,8H,6H2,1-2H3,(H,26,28)/t8-/m0/s1. The van der Waals surface area contributed by atoms with E-state index >= 15 is 0 Å². The molecule has 2 aromatic rings. The van der Waals surface area contributed by atoms with Gasteiger partial charge in [-0.25, -0.2) is 4.79 Å². The molecule has 0 bridgehead atoms. The second kappa shape index (κ2) is 9.45. The maximum Gasteiger partial charge on any atom is 0.329 e. The highest BCUT2D eigenvalue weighted by atomic mass is 35.5. The van der Waals surface area contributed by atoms with Gasteiger partial charge in [0.15, 0.2) is 6.61 Å². The van der Waals surface area contributed by atoms with Crippen molar-refractivity contribution in [2.45, 2.75) is 19.9 Å². The van der Waals surface area contributed by atoms with Crippen LogP contribution < -0.4 is 5.32 Å². The van der Waals surface area contributed by atoms with Gasteiger partial charge in [-0.05, 0) is 31.5 Å². The van der Waals surface area contributed by atoms with Gasteiger partial charge < -0.3 is 10.1 Å². The monoisotopic (exact) mass is 536 g/mol. The van der Waals surface area contributed by atoms with Gasteiger partial charge in [0.2, 0.25) is 0 Å². The number of halogens is 5. The average molecular weight is 539 g/mol. The number of rotatable bonds is 5. The highest BCUT2D eigenvalue weighted by molar-refractivity contribution is 6.55. The van der Waals surface area contributed by atoms with Gasteiger partial charge in [0, 0.05) is 10.7 Å². The number of hydrogen-bond acceptors (Lipinski definition) is 5. The van der Waals surface area contributed by atoms with Crippen molar-refractivity contribution >= 4 is 87.4 Å². The van der Waals surface area contributed by atoms with E-state index in [1.54, 1.807) is 25.1 Å². The Labute approximate surface area is 207 Å². The molecule has 0 radical (unpaired) electrons. The number of anilines is 1. The molecule has 2 aromatic carbocycles. The van der Waals surface area contributed by atoms with Crippen LogP contribution in [0.15, 0.2) is 18.2 Å². The lowest BCUT2D eigenvalue weighted by molar-refractivity contribution is -0.150.